The highest BCUT2D eigenvalue weighted by Gasteiger charge is 2.38. The molecule has 4 aliphatic rings. The van der Waals surface area contributed by atoms with Gasteiger partial charge in [-0.2, -0.15) is 0 Å². The molecule has 0 radical (unpaired) electrons. The number of anilines is 2. The quantitative estimate of drug-likeness (QED) is 0.130. The molecule has 13 nitrogen and oxygen atoms in total. The number of esters is 1. The van der Waals surface area contributed by atoms with Crippen molar-refractivity contribution in [2.45, 2.75) is 38.1 Å². The fraction of sp³-hybridized carbons (Fsp3) is 0.222. The minimum Gasteiger partial charge on any atom is -0.493 e. The van der Waals surface area contributed by atoms with Crippen molar-refractivity contribution in [3.8, 4) is 28.7 Å². The van der Waals surface area contributed by atoms with Crippen molar-refractivity contribution in [3.05, 3.63) is 124 Å². The van der Waals surface area contributed by atoms with Crippen molar-refractivity contribution in [1.29, 1.82) is 0 Å². The van der Waals surface area contributed by atoms with Crippen LogP contribution in [0.15, 0.2) is 101 Å². The lowest BCUT2D eigenvalue weighted by molar-refractivity contribution is -0.142. The fourth-order valence-electron chi connectivity index (χ4n) is 7.88. The van der Waals surface area contributed by atoms with Crippen LogP contribution in [0.2, 0.25) is 0 Å². The predicted molar refractivity (Wildman–Crippen MR) is 216 cm³/mol. The Hall–Kier alpha value is -7.15. The first kappa shape index (κ1) is 36.5. The van der Waals surface area contributed by atoms with E-state index in [1.54, 1.807) is 58.6 Å². The molecule has 0 spiro atoms. The Morgan fingerprint density at radius 2 is 1.10 bits per heavy atom. The first-order chi connectivity index (χ1) is 28.3. The van der Waals surface area contributed by atoms with Crippen molar-refractivity contribution < 1.29 is 42.8 Å². The predicted octanol–water partition coefficient (Wildman–Crippen LogP) is 6.99. The SMILES string of the molecule is COC(=O)COc1cc(COc2cc3c(cc2OC)C(=O)N2c4ccccc4CC2C=N3)cc(COc2cc3c(cc2OC)C(=O)N2c4ccccc4C[C@H]2C=N3)c1. The van der Waals surface area contributed by atoms with E-state index in [4.69, 9.17) is 38.4 Å². The van der Waals surface area contributed by atoms with Crippen LogP contribution in [0.3, 0.4) is 0 Å². The van der Waals surface area contributed by atoms with Crippen LogP contribution in [0.1, 0.15) is 43.0 Å². The van der Waals surface area contributed by atoms with Crippen LogP contribution in [-0.2, 0) is 35.6 Å². The summed E-state index contributed by atoms with van der Waals surface area (Å²) in [6.07, 6.45) is 4.98. The topological polar surface area (TPSA) is 138 Å². The molecule has 292 valence electrons. The molecule has 13 heteroatoms. The molecule has 0 aromatic heterocycles. The zero-order chi connectivity index (χ0) is 39.9. The second-order valence-corrected chi connectivity index (χ2v) is 14.2. The van der Waals surface area contributed by atoms with Crippen LogP contribution in [0.5, 0.6) is 28.7 Å². The second kappa shape index (κ2) is 15.1. The van der Waals surface area contributed by atoms with Gasteiger partial charge in [-0.3, -0.25) is 29.4 Å². The van der Waals surface area contributed by atoms with Gasteiger partial charge in [0.2, 0.25) is 0 Å². The lowest BCUT2D eigenvalue weighted by Gasteiger charge is -2.22. The van der Waals surface area contributed by atoms with Gasteiger partial charge in [0, 0.05) is 48.8 Å². The van der Waals surface area contributed by atoms with Crippen LogP contribution >= 0.6 is 0 Å². The minimum absolute atomic E-state index is 0.0666. The Labute approximate surface area is 334 Å². The van der Waals surface area contributed by atoms with E-state index in [0.29, 0.717) is 75.2 Å². The third-order valence-electron chi connectivity index (χ3n) is 10.7. The molecule has 0 saturated carbocycles. The van der Waals surface area contributed by atoms with Crippen LogP contribution in [-0.4, -0.2) is 70.2 Å². The van der Waals surface area contributed by atoms with E-state index in [0.717, 1.165) is 22.5 Å². The third kappa shape index (κ3) is 6.63. The summed E-state index contributed by atoms with van der Waals surface area (Å²) in [5, 5.41) is 0. The lowest BCUT2D eigenvalue weighted by Crippen LogP contribution is -2.37. The summed E-state index contributed by atoms with van der Waals surface area (Å²) in [5.41, 5.74) is 7.10. The fourth-order valence-corrected chi connectivity index (χ4v) is 7.88. The Kier molecular flexibility index (Phi) is 9.48. The standard InChI is InChI=1S/C45H38N4O9/c1-53-39-17-33-35(46-21-30-15-28-8-4-6-10-37(28)48(30)44(33)51)19-41(39)57-23-26-12-27(14-32(13-26)56-25-43(50)55-3)24-58-42-20-36-34(18-40(42)54-2)45(52)49-31(22-47-36)16-29-9-5-7-11-38(29)49/h4-14,17-22,30-31H,15-16,23-25H2,1-3H3/t30-,31?/m0/s1. The molecule has 2 amide bonds. The van der Waals surface area contributed by atoms with E-state index in [-0.39, 0.29) is 43.7 Å². The van der Waals surface area contributed by atoms with Crippen molar-refractivity contribution in [3.63, 3.8) is 0 Å². The summed E-state index contributed by atoms with van der Waals surface area (Å²) in [7, 11) is 4.33. The number of carbonyl (C=O) groups excluding carboxylic acids is 3. The maximum absolute atomic E-state index is 13.9. The summed E-state index contributed by atoms with van der Waals surface area (Å²) in [4.78, 5) is 52.8. The Bertz CT molecular complexity index is 2390. The number of fused-ring (bicyclic) bond motifs is 8. The first-order valence-corrected chi connectivity index (χ1v) is 18.7. The van der Waals surface area contributed by atoms with Gasteiger partial charge in [-0.1, -0.05) is 36.4 Å². The highest BCUT2D eigenvalue weighted by molar-refractivity contribution is 6.15. The van der Waals surface area contributed by atoms with Gasteiger partial charge in [-0.25, -0.2) is 4.79 Å². The van der Waals surface area contributed by atoms with Gasteiger partial charge in [-0.05, 0) is 64.7 Å². The van der Waals surface area contributed by atoms with Crippen molar-refractivity contribution in [2.75, 3.05) is 37.7 Å². The molecular weight excluding hydrogens is 741 g/mol. The molecule has 5 aromatic rings. The number of carbonyl (C=O) groups is 3. The van der Waals surface area contributed by atoms with Crippen molar-refractivity contribution >= 4 is 53.0 Å². The number of methoxy groups -OCH3 is 3. The molecule has 5 aromatic carbocycles. The average Bonchev–Trinajstić information content (AvgIpc) is 3.74. The van der Waals surface area contributed by atoms with E-state index in [9.17, 15) is 14.4 Å². The number of ether oxygens (including phenoxy) is 6. The Morgan fingerprint density at radius 1 is 0.621 bits per heavy atom. The number of para-hydroxylation sites is 2. The third-order valence-corrected chi connectivity index (χ3v) is 10.7. The average molecular weight is 779 g/mol. The van der Waals surface area contributed by atoms with Crippen LogP contribution in [0.4, 0.5) is 22.7 Å². The smallest absolute Gasteiger partial charge is 0.343 e. The molecular formula is C45H38N4O9. The summed E-state index contributed by atoms with van der Waals surface area (Å²) in [6, 6.07) is 27.5. The van der Waals surface area contributed by atoms with E-state index >= 15 is 0 Å². The zero-order valence-electron chi connectivity index (χ0n) is 32.0. The monoisotopic (exact) mass is 778 g/mol. The molecule has 4 heterocycles. The number of hydrogen-bond acceptors (Lipinski definition) is 11. The number of nitrogens with zero attached hydrogens (tertiary/aromatic N) is 4. The number of hydrogen-bond donors (Lipinski definition) is 0. The van der Waals surface area contributed by atoms with E-state index in [1.807, 2.05) is 54.6 Å². The molecule has 0 bridgehead atoms. The highest BCUT2D eigenvalue weighted by Crippen LogP contribution is 2.43. The largest absolute Gasteiger partial charge is 0.493 e. The van der Waals surface area contributed by atoms with Crippen molar-refractivity contribution in [2.24, 2.45) is 9.98 Å². The van der Waals surface area contributed by atoms with Crippen molar-refractivity contribution in [1.82, 2.24) is 0 Å². The molecule has 0 fully saturated rings. The minimum atomic E-state index is -0.540. The van der Waals surface area contributed by atoms with Gasteiger partial charge >= 0.3 is 5.97 Å². The number of aliphatic imine (C=N–C) groups is 2. The van der Waals surface area contributed by atoms with Gasteiger partial charge in [0.1, 0.15) is 19.0 Å². The van der Waals surface area contributed by atoms with E-state index < -0.39 is 5.97 Å². The molecule has 4 aliphatic heterocycles. The van der Waals surface area contributed by atoms with Crippen LogP contribution < -0.4 is 33.5 Å². The van der Waals surface area contributed by atoms with Gasteiger partial charge in [0.05, 0.1) is 55.9 Å². The summed E-state index contributed by atoms with van der Waals surface area (Å²) in [5.74, 6) is 1.04. The number of rotatable bonds is 11. The van der Waals surface area contributed by atoms with Crippen LogP contribution in [0.25, 0.3) is 0 Å². The highest BCUT2D eigenvalue weighted by atomic mass is 16.6. The van der Waals surface area contributed by atoms with Gasteiger partial charge in [0.15, 0.2) is 29.6 Å². The molecule has 0 N–H and O–H groups in total. The van der Waals surface area contributed by atoms with Crippen LogP contribution in [0, 0.1) is 0 Å². The Balaban J connectivity index is 0.963. The molecule has 58 heavy (non-hydrogen) atoms. The summed E-state index contributed by atoms with van der Waals surface area (Å²) < 4.78 is 34.6. The molecule has 0 saturated heterocycles. The van der Waals surface area contributed by atoms with Gasteiger partial charge in [0.25, 0.3) is 11.8 Å². The maximum atomic E-state index is 13.9. The second-order valence-electron chi connectivity index (χ2n) is 14.2. The summed E-state index contributed by atoms with van der Waals surface area (Å²) >= 11 is 0. The lowest BCUT2D eigenvalue weighted by atomic mass is 10.1. The maximum Gasteiger partial charge on any atom is 0.343 e. The molecule has 1 unspecified atom stereocenters. The molecule has 0 aliphatic carbocycles. The van der Waals surface area contributed by atoms with E-state index in [1.165, 1.54) is 21.3 Å². The zero-order valence-corrected chi connectivity index (χ0v) is 32.0. The van der Waals surface area contributed by atoms with Gasteiger partial charge in [-0.15, -0.1) is 0 Å². The number of amides is 2. The van der Waals surface area contributed by atoms with Gasteiger partial charge < -0.3 is 28.4 Å². The molecule has 2 atom stereocenters. The Morgan fingerprint density at radius 3 is 1.57 bits per heavy atom. The summed E-state index contributed by atoms with van der Waals surface area (Å²) in [6.45, 7) is -0.171. The first-order valence-electron chi connectivity index (χ1n) is 18.7. The number of benzene rings is 5. The normalized spacial score (nSPS) is 16.9. The molecule has 9 rings (SSSR count). The van der Waals surface area contributed by atoms with E-state index in [2.05, 4.69) is 0 Å².